The molecule has 116 valence electrons. The lowest BCUT2D eigenvalue weighted by atomic mass is 9.94. The SMILES string of the molecule is CC(C)[C@H](O)[C@H](N)c1cc(OC(F)(F)F)ccc1F.Cl. The smallest absolute Gasteiger partial charge is 0.406 e. The molecule has 3 nitrogen and oxygen atoms in total. The van der Waals surface area contributed by atoms with Crippen molar-refractivity contribution in [3.63, 3.8) is 0 Å². The summed E-state index contributed by atoms with van der Waals surface area (Å²) in [7, 11) is 0. The van der Waals surface area contributed by atoms with Gasteiger partial charge in [-0.1, -0.05) is 13.8 Å². The highest BCUT2D eigenvalue weighted by Gasteiger charge is 2.32. The van der Waals surface area contributed by atoms with E-state index in [2.05, 4.69) is 4.74 Å². The standard InChI is InChI=1S/C12H15F4NO2.ClH/c1-6(2)11(18)10(17)8-5-7(3-4-9(8)13)19-12(14,15)16;/h3-6,10-11,18H,17H2,1-2H3;1H/t10-,11+;/m1./s1. The Morgan fingerprint density at radius 1 is 1.25 bits per heavy atom. The second-order valence-corrected chi connectivity index (χ2v) is 4.49. The van der Waals surface area contributed by atoms with Crippen molar-refractivity contribution >= 4 is 12.4 Å². The number of ether oxygens (including phenoxy) is 1. The maximum Gasteiger partial charge on any atom is 0.573 e. The molecule has 3 N–H and O–H groups in total. The third-order valence-corrected chi connectivity index (χ3v) is 2.61. The molecule has 8 heteroatoms. The number of rotatable bonds is 4. The molecule has 0 aliphatic rings. The molecular weight excluding hydrogens is 302 g/mol. The average Bonchev–Trinajstić information content (AvgIpc) is 2.27. The third-order valence-electron chi connectivity index (χ3n) is 2.61. The monoisotopic (exact) mass is 317 g/mol. The lowest BCUT2D eigenvalue weighted by Crippen LogP contribution is -2.31. The highest BCUT2D eigenvalue weighted by molar-refractivity contribution is 5.85. The van der Waals surface area contributed by atoms with Crippen LogP contribution in [0.4, 0.5) is 17.6 Å². The Morgan fingerprint density at radius 2 is 1.80 bits per heavy atom. The van der Waals surface area contributed by atoms with Gasteiger partial charge in [-0.3, -0.25) is 0 Å². The van der Waals surface area contributed by atoms with Gasteiger partial charge in [0.05, 0.1) is 12.1 Å². The quantitative estimate of drug-likeness (QED) is 0.839. The van der Waals surface area contributed by atoms with Crippen LogP contribution in [-0.2, 0) is 0 Å². The molecule has 0 spiro atoms. The molecule has 0 saturated carbocycles. The van der Waals surface area contributed by atoms with Crippen molar-refractivity contribution in [1.29, 1.82) is 0 Å². The van der Waals surface area contributed by atoms with Crippen molar-refractivity contribution in [3.8, 4) is 5.75 Å². The van der Waals surface area contributed by atoms with Crippen LogP contribution in [0.5, 0.6) is 5.75 Å². The molecule has 0 aliphatic carbocycles. The fourth-order valence-corrected chi connectivity index (χ4v) is 1.57. The fraction of sp³-hybridized carbons (Fsp3) is 0.500. The topological polar surface area (TPSA) is 55.5 Å². The molecule has 0 saturated heterocycles. The third kappa shape index (κ3) is 5.15. The number of benzene rings is 1. The molecule has 0 bridgehead atoms. The summed E-state index contributed by atoms with van der Waals surface area (Å²) in [6, 6.07) is 1.39. The molecular formula is C12H16ClF4NO2. The van der Waals surface area contributed by atoms with E-state index in [1.54, 1.807) is 13.8 Å². The lowest BCUT2D eigenvalue weighted by Gasteiger charge is -2.23. The van der Waals surface area contributed by atoms with Crippen LogP contribution in [-0.4, -0.2) is 17.6 Å². The van der Waals surface area contributed by atoms with Crippen molar-refractivity contribution < 1.29 is 27.4 Å². The number of alkyl halides is 3. The zero-order valence-electron chi connectivity index (χ0n) is 10.8. The fourth-order valence-electron chi connectivity index (χ4n) is 1.57. The van der Waals surface area contributed by atoms with E-state index >= 15 is 0 Å². The number of hydrogen-bond donors (Lipinski definition) is 2. The van der Waals surface area contributed by atoms with Crippen molar-refractivity contribution in [2.75, 3.05) is 0 Å². The highest BCUT2D eigenvalue weighted by Crippen LogP contribution is 2.29. The van der Waals surface area contributed by atoms with Crippen molar-refractivity contribution in [2.24, 2.45) is 11.7 Å². The Balaban J connectivity index is 0.00000361. The number of halogens is 5. The largest absolute Gasteiger partial charge is 0.573 e. The molecule has 1 rings (SSSR count). The van der Waals surface area contributed by atoms with E-state index in [0.717, 1.165) is 18.2 Å². The van der Waals surface area contributed by atoms with Gasteiger partial charge >= 0.3 is 6.36 Å². The first-order valence-corrected chi connectivity index (χ1v) is 5.60. The predicted octanol–water partition coefficient (Wildman–Crippen LogP) is 3.16. The maximum atomic E-state index is 13.5. The Morgan fingerprint density at radius 3 is 2.25 bits per heavy atom. The number of hydrogen-bond acceptors (Lipinski definition) is 3. The van der Waals surface area contributed by atoms with Crippen LogP contribution in [0.25, 0.3) is 0 Å². The molecule has 0 aliphatic heterocycles. The van der Waals surface area contributed by atoms with Crippen LogP contribution in [0.1, 0.15) is 25.5 Å². The van der Waals surface area contributed by atoms with Gasteiger partial charge in [-0.15, -0.1) is 25.6 Å². The molecule has 1 aromatic rings. The Labute approximate surface area is 120 Å². The molecule has 1 aromatic carbocycles. The van der Waals surface area contributed by atoms with Gasteiger partial charge in [0.1, 0.15) is 11.6 Å². The zero-order chi connectivity index (χ0) is 14.8. The molecule has 0 aromatic heterocycles. The first-order chi connectivity index (χ1) is 8.61. The van der Waals surface area contributed by atoms with Gasteiger partial charge in [0.15, 0.2) is 0 Å². The van der Waals surface area contributed by atoms with E-state index in [1.807, 2.05) is 0 Å². The molecule has 2 atom stereocenters. The summed E-state index contributed by atoms with van der Waals surface area (Å²) in [5, 5.41) is 9.74. The van der Waals surface area contributed by atoms with E-state index in [9.17, 15) is 22.7 Å². The van der Waals surface area contributed by atoms with Gasteiger partial charge in [0.2, 0.25) is 0 Å². The van der Waals surface area contributed by atoms with Gasteiger partial charge in [0, 0.05) is 5.56 Å². The van der Waals surface area contributed by atoms with Gasteiger partial charge in [-0.25, -0.2) is 4.39 Å². The molecule has 0 amide bonds. The van der Waals surface area contributed by atoms with Crippen LogP contribution < -0.4 is 10.5 Å². The van der Waals surface area contributed by atoms with Gasteiger partial charge in [-0.05, 0) is 24.1 Å². The van der Waals surface area contributed by atoms with Crippen LogP contribution in [0.3, 0.4) is 0 Å². The summed E-state index contributed by atoms with van der Waals surface area (Å²) in [6.07, 6.45) is -5.94. The van der Waals surface area contributed by atoms with Crippen molar-refractivity contribution in [3.05, 3.63) is 29.6 Å². The summed E-state index contributed by atoms with van der Waals surface area (Å²) in [4.78, 5) is 0. The molecule has 20 heavy (non-hydrogen) atoms. The van der Waals surface area contributed by atoms with Gasteiger partial charge in [0.25, 0.3) is 0 Å². The normalized spacial score (nSPS) is 14.7. The number of aliphatic hydroxyl groups is 1. The Hall–Kier alpha value is -1.05. The Bertz CT molecular complexity index is 440. The summed E-state index contributed by atoms with van der Waals surface area (Å²) >= 11 is 0. The second kappa shape index (κ2) is 7.10. The van der Waals surface area contributed by atoms with Crippen LogP contribution in [0.2, 0.25) is 0 Å². The van der Waals surface area contributed by atoms with E-state index in [4.69, 9.17) is 5.73 Å². The van der Waals surface area contributed by atoms with Crippen LogP contribution in [0, 0.1) is 11.7 Å². The summed E-state index contributed by atoms with van der Waals surface area (Å²) < 4.78 is 53.4. The number of aliphatic hydroxyl groups excluding tert-OH is 1. The van der Waals surface area contributed by atoms with Gasteiger partial charge < -0.3 is 15.6 Å². The van der Waals surface area contributed by atoms with Crippen molar-refractivity contribution in [1.82, 2.24) is 0 Å². The summed E-state index contributed by atoms with van der Waals surface area (Å²) in [6.45, 7) is 3.33. The highest BCUT2D eigenvalue weighted by atomic mass is 35.5. The van der Waals surface area contributed by atoms with Crippen LogP contribution in [0.15, 0.2) is 18.2 Å². The minimum atomic E-state index is -4.87. The van der Waals surface area contributed by atoms with E-state index in [0.29, 0.717) is 0 Å². The first-order valence-electron chi connectivity index (χ1n) is 5.60. The lowest BCUT2D eigenvalue weighted by molar-refractivity contribution is -0.274. The zero-order valence-corrected chi connectivity index (χ0v) is 11.6. The van der Waals surface area contributed by atoms with E-state index in [-0.39, 0.29) is 23.9 Å². The predicted molar refractivity (Wildman–Crippen MR) is 68.1 cm³/mol. The average molecular weight is 318 g/mol. The first kappa shape index (κ1) is 18.9. The minimum Gasteiger partial charge on any atom is -0.406 e. The van der Waals surface area contributed by atoms with E-state index in [1.165, 1.54) is 0 Å². The van der Waals surface area contributed by atoms with E-state index < -0.39 is 30.1 Å². The molecule has 0 unspecified atom stereocenters. The summed E-state index contributed by atoms with van der Waals surface area (Å²) in [5.41, 5.74) is 5.43. The second-order valence-electron chi connectivity index (χ2n) is 4.49. The van der Waals surface area contributed by atoms with Gasteiger partial charge in [-0.2, -0.15) is 0 Å². The number of nitrogens with two attached hydrogens (primary N) is 1. The molecule has 0 heterocycles. The van der Waals surface area contributed by atoms with Crippen LogP contribution >= 0.6 is 12.4 Å². The van der Waals surface area contributed by atoms with Crippen molar-refractivity contribution in [2.45, 2.75) is 32.4 Å². The molecule has 0 radical (unpaired) electrons. The maximum absolute atomic E-state index is 13.5. The minimum absolute atomic E-state index is 0. The molecule has 0 fully saturated rings. The Kier molecular flexibility index (Phi) is 6.73. The summed E-state index contributed by atoms with van der Waals surface area (Å²) in [5.74, 6) is -1.63.